The number of benzene rings is 2. The maximum Gasteiger partial charge on any atom is 0.342 e. The van der Waals surface area contributed by atoms with E-state index in [4.69, 9.17) is 4.42 Å². The molecule has 25 heavy (non-hydrogen) atoms. The van der Waals surface area contributed by atoms with Crippen LogP contribution in [0.5, 0.6) is 0 Å². The molecule has 0 fully saturated rings. The van der Waals surface area contributed by atoms with Gasteiger partial charge < -0.3 is 14.3 Å². The predicted octanol–water partition coefficient (Wildman–Crippen LogP) is 3.83. The minimum absolute atomic E-state index is 0.0531. The number of carboxylic acid groups (broad SMARTS) is 1. The zero-order chi connectivity index (χ0) is 17.8. The number of carboxylic acids is 1. The fourth-order valence-electron chi connectivity index (χ4n) is 2.11. The van der Waals surface area contributed by atoms with Gasteiger partial charge in [0, 0.05) is 0 Å². The summed E-state index contributed by atoms with van der Waals surface area (Å²) < 4.78 is 10.2. The summed E-state index contributed by atoms with van der Waals surface area (Å²) in [5.41, 5.74) is 2.28. The number of aromatic nitrogens is 1. The molecule has 1 heterocycles. The number of thioether (sulfide) groups is 1. The third-order valence-corrected chi connectivity index (χ3v) is 4.17. The molecule has 0 aliphatic rings. The summed E-state index contributed by atoms with van der Waals surface area (Å²) in [6.45, 7) is 0. The number of hydrogen-bond donors (Lipinski definition) is 1. The lowest BCUT2D eigenvalue weighted by Crippen LogP contribution is -2.00. The number of aliphatic carboxylic acids is 1. The quantitative estimate of drug-likeness (QED) is 0.422. The van der Waals surface area contributed by atoms with Gasteiger partial charge in [0.2, 0.25) is 0 Å². The van der Waals surface area contributed by atoms with Gasteiger partial charge >= 0.3 is 11.9 Å². The first-order valence-corrected chi connectivity index (χ1v) is 8.05. The number of rotatable bonds is 5. The van der Waals surface area contributed by atoms with Crippen molar-refractivity contribution in [2.75, 3.05) is 7.11 Å². The first-order chi connectivity index (χ1) is 12.1. The second-order valence-electron chi connectivity index (χ2n) is 4.98. The Hall–Kier alpha value is -3.06. The molecule has 0 radical (unpaired) electrons. The predicted molar refractivity (Wildman–Crippen MR) is 93.3 cm³/mol. The van der Waals surface area contributed by atoms with Crippen LogP contribution in [0.4, 0.5) is 0 Å². The highest BCUT2D eigenvalue weighted by molar-refractivity contribution is 8.03. The number of esters is 1. The van der Waals surface area contributed by atoms with Gasteiger partial charge in [-0.1, -0.05) is 24.3 Å². The number of nitrogens with zero attached hydrogens (tertiary/aromatic N) is 1. The van der Waals surface area contributed by atoms with Crippen LogP contribution < -0.4 is 0 Å². The molecule has 0 aliphatic heterocycles. The number of para-hydroxylation sites is 2. The molecule has 7 heteroatoms. The summed E-state index contributed by atoms with van der Waals surface area (Å²) >= 11 is 0.925. The molecule has 1 N–H and O–H groups in total. The van der Waals surface area contributed by atoms with E-state index in [1.54, 1.807) is 36.4 Å². The van der Waals surface area contributed by atoms with Crippen molar-refractivity contribution in [3.8, 4) is 0 Å². The highest BCUT2D eigenvalue weighted by Crippen LogP contribution is 2.30. The van der Waals surface area contributed by atoms with Crippen molar-refractivity contribution in [2.45, 2.75) is 5.22 Å². The second-order valence-corrected chi connectivity index (χ2v) is 5.97. The van der Waals surface area contributed by atoms with Crippen molar-refractivity contribution < 1.29 is 23.8 Å². The Bertz CT molecular complexity index is 926. The Balaban J connectivity index is 1.86. The van der Waals surface area contributed by atoms with Gasteiger partial charge in [-0.3, -0.25) is 0 Å². The fourth-order valence-corrected chi connectivity index (χ4v) is 2.85. The molecule has 0 bridgehead atoms. The highest BCUT2D eigenvalue weighted by Gasteiger charge is 2.15. The maximum atomic E-state index is 11.5. The third-order valence-electron chi connectivity index (χ3n) is 3.31. The van der Waals surface area contributed by atoms with Gasteiger partial charge in [-0.15, -0.1) is 0 Å². The van der Waals surface area contributed by atoms with E-state index >= 15 is 0 Å². The average Bonchev–Trinajstić information content (AvgIpc) is 3.03. The average molecular weight is 355 g/mol. The molecular formula is C18H13NO5S. The van der Waals surface area contributed by atoms with Gasteiger partial charge in [-0.25, -0.2) is 14.6 Å². The number of fused-ring (bicyclic) bond motifs is 1. The molecule has 6 nitrogen and oxygen atoms in total. The molecule has 3 aromatic rings. The molecule has 1 aromatic heterocycles. The Kier molecular flexibility index (Phi) is 4.85. The number of oxazole rings is 1. The van der Waals surface area contributed by atoms with Crippen LogP contribution in [0.1, 0.15) is 15.9 Å². The summed E-state index contributed by atoms with van der Waals surface area (Å²) in [5.74, 6) is -1.54. The Labute approximate surface area is 147 Å². The van der Waals surface area contributed by atoms with Crippen molar-refractivity contribution in [2.24, 2.45) is 0 Å². The number of carbonyl (C=O) groups excluding carboxylic acids is 1. The molecule has 0 spiro atoms. The summed E-state index contributed by atoms with van der Waals surface area (Å²) in [4.78, 5) is 27.2. The van der Waals surface area contributed by atoms with Crippen molar-refractivity contribution in [3.05, 3.63) is 64.6 Å². The molecule has 0 saturated heterocycles. The second kappa shape index (κ2) is 7.23. The van der Waals surface area contributed by atoms with Crippen LogP contribution in [-0.2, 0) is 9.53 Å². The van der Waals surface area contributed by atoms with Crippen LogP contribution in [0, 0.1) is 0 Å². The van der Waals surface area contributed by atoms with E-state index in [9.17, 15) is 14.7 Å². The lowest BCUT2D eigenvalue weighted by atomic mass is 10.1. The normalized spacial score (nSPS) is 11.5. The topological polar surface area (TPSA) is 89.6 Å². The van der Waals surface area contributed by atoms with Gasteiger partial charge in [0.05, 0.1) is 12.7 Å². The summed E-state index contributed by atoms with van der Waals surface area (Å²) in [5, 5.41) is 9.67. The minimum Gasteiger partial charge on any atom is -0.477 e. The number of methoxy groups -OCH3 is 1. The maximum absolute atomic E-state index is 11.5. The van der Waals surface area contributed by atoms with Crippen LogP contribution in [0.2, 0.25) is 0 Å². The molecule has 2 aromatic carbocycles. The fraction of sp³-hybridized carbons (Fsp3) is 0.0556. The molecular weight excluding hydrogens is 342 g/mol. The highest BCUT2D eigenvalue weighted by atomic mass is 32.2. The van der Waals surface area contributed by atoms with E-state index in [-0.39, 0.29) is 10.1 Å². The Morgan fingerprint density at radius 2 is 1.88 bits per heavy atom. The molecule has 0 amide bonds. The van der Waals surface area contributed by atoms with Crippen LogP contribution in [0.25, 0.3) is 17.2 Å². The van der Waals surface area contributed by atoms with E-state index in [1.165, 1.54) is 13.2 Å². The van der Waals surface area contributed by atoms with Gasteiger partial charge in [-0.2, -0.15) is 0 Å². The minimum atomic E-state index is -1.09. The van der Waals surface area contributed by atoms with E-state index in [0.29, 0.717) is 22.2 Å². The first kappa shape index (κ1) is 16.8. The molecule has 0 atom stereocenters. The largest absolute Gasteiger partial charge is 0.477 e. The number of ether oxygens (including phenoxy) is 1. The first-order valence-electron chi connectivity index (χ1n) is 7.23. The summed E-state index contributed by atoms with van der Waals surface area (Å²) in [6, 6.07) is 13.6. The zero-order valence-electron chi connectivity index (χ0n) is 13.1. The van der Waals surface area contributed by atoms with E-state index in [1.807, 2.05) is 12.1 Å². The standard InChI is InChI=1S/C18H13NO5S/c1-23-17(22)12-8-6-11(7-9-12)10-15(16(20)21)25-18-19-13-4-2-3-5-14(13)24-18/h2-10H,1H3,(H,20,21)/b15-10-. The van der Waals surface area contributed by atoms with Crippen molar-refractivity contribution >= 4 is 40.9 Å². The van der Waals surface area contributed by atoms with Crippen LogP contribution in [-0.4, -0.2) is 29.1 Å². The molecule has 0 unspecified atom stereocenters. The molecule has 0 saturated carbocycles. The molecule has 126 valence electrons. The van der Waals surface area contributed by atoms with Crippen molar-refractivity contribution in [1.29, 1.82) is 0 Å². The van der Waals surface area contributed by atoms with Crippen LogP contribution in [0.3, 0.4) is 0 Å². The van der Waals surface area contributed by atoms with Crippen molar-refractivity contribution in [1.82, 2.24) is 4.98 Å². The monoisotopic (exact) mass is 355 g/mol. The lowest BCUT2D eigenvalue weighted by molar-refractivity contribution is -0.131. The van der Waals surface area contributed by atoms with E-state index < -0.39 is 11.9 Å². The SMILES string of the molecule is COC(=O)c1ccc(/C=C(\Sc2nc3ccccc3o2)C(=O)O)cc1. The van der Waals surface area contributed by atoms with Gasteiger partial charge in [0.15, 0.2) is 5.58 Å². The third kappa shape index (κ3) is 3.89. The van der Waals surface area contributed by atoms with E-state index in [0.717, 1.165) is 11.8 Å². The summed E-state index contributed by atoms with van der Waals surface area (Å²) in [6.07, 6.45) is 1.49. The van der Waals surface area contributed by atoms with Gasteiger partial charge in [0.1, 0.15) is 10.4 Å². The lowest BCUT2D eigenvalue weighted by Gasteiger charge is -2.01. The molecule has 0 aliphatic carbocycles. The zero-order valence-corrected chi connectivity index (χ0v) is 13.9. The van der Waals surface area contributed by atoms with Crippen LogP contribution in [0.15, 0.2) is 63.1 Å². The number of hydrogen-bond acceptors (Lipinski definition) is 6. The smallest absolute Gasteiger partial charge is 0.342 e. The Morgan fingerprint density at radius 1 is 1.16 bits per heavy atom. The summed E-state index contributed by atoms with van der Waals surface area (Å²) in [7, 11) is 1.30. The van der Waals surface area contributed by atoms with Gasteiger partial charge in [0.25, 0.3) is 5.22 Å². The Morgan fingerprint density at radius 3 is 2.52 bits per heavy atom. The van der Waals surface area contributed by atoms with Gasteiger partial charge in [-0.05, 0) is 47.7 Å². The van der Waals surface area contributed by atoms with Crippen LogP contribution >= 0.6 is 11.8 Å². The van der Waals surface area contributed by atoms with Crippen molar-refractivity contribution in [3.63, 3.8) is 0 Å². The molecule has 3 rings (SSSR count). The van der Waals surface area contributed by atoms with E-state index in [2.05, 4.69) is 9.72 Å². The number of carbonyl (C=O) groups is 2.